The molecule has 11 heteroatoms. The van der Waals surface area contributed by atoms with Crippen LogP contribution in [0.5, 0.6) is 0 Å². The molecular weight excluding hydrogens is 398 g/mol. The van der Waals surface area contributed by atoms with Gasteiger partial charge in [0.1, 0.15) is 11.7 Å². The molecule has 3 rings (SSSR count). The van der Waals surface area contributed by atoms with Crippen molar-refractivity contribution in [3.63, 3.8) is 0 Å². The van der Waals surface area contributed by atoms with Gasteiger partial charge in [-0.2, -0.15) is 0 Å². The molecule has 0 aliphatic carbocycles. The summed E-state index contributed by atoms with van der Waals surface area (Å²) in [6, 6.07) is 12.2. The number of primary sulfonamides is 1. The second-order valence-electron chi connectivity index (χ2n) is 6.69. The first-order valence-corrected chi connectivity index (χ1v) is 10.4. The first-order valence-electron chi connectivity index (χ1n) is 8.83. The number of rotatable bonds is 6. The van der Waals surface area contributed by atoms with Gasteiger partial charge in [0.05, 0.1) is 9.82 Å². The molecule has 0 saturated carbocycles. The summed E-state index contributed by atoms with van der Waals surface area (Å²) in [7, 11) is -4.05. The SMILES string of the molecule is NC(=O)C(c1ccccc1)N1CCN(c2ccc(S(N)(=O)=O)cc2[N+](=O)[O-])CC1. The van der Waals surface area contributed by atoms with E-state index >= 15 is 0 Å². The molecule has 1 aliphatic rings. The fourth-order valence-corrected chi connectivity index (χ4v) is 4.04. The number of anilines is 1. The summed E-state index contributed by atoms with van der Waals surface area (Å²) in [5.41, 5.74) is 6.37. The van der Waals surface area contributed by atoms with Gasteiger partial charge in [-0.05, 0) is 17.7 Å². The molecule has 4 N–H and O–H groups in total. The number of piperazine rings is 1. The van der Waals surface area contributed by atoms with Gasteiger partial charge in [-0.15, -0.1) is 0 Å². The van der Waals surface area contributed by atoms with Crippen LogP contribution in [-0.4, -0.2) is 50.3 Å². The third-order valence-electron chi connectivity index (χ3n) is 4.88. The van der Waals surface area contributed by atoms with Gasteiger partial charge in [-0.1, -0.05) is 30.3 Å². The van der Waals surface area contributed by atoms with E-state index in [0.29, 0.717) is 31.9 Å². The summed E-state index contributed by atoms with van der Waals surface area (Å²) in [5.74, 6) is -0.465. The van der Waals surface area contributed by atoms with Crippen LogP contribution in [0.2, 0.25) is 0 Å². The number of nitrogens with two attached hydrogens (primary N) is 2. The summed E-state index contributed by atoms with van der Waals surface area (Å²) < 4.78 is 23.0. The summed E-state index contributed by atoms with van der Waals surface area (Å²) in [6.45, 7) is 1.73. The third kappa shape index (κ3) is 4.53. The minimum absolute atomic E-state index is 0.303. The first-order chi connectivity index (χ1) is 13.7. The van der Waals surface area contributed by atoms with Crippen LogP contribution >= 0.6 is 0 Å². The van der Waals surface area contributed by atoms with Crippen LogP contribution in [0.25, 0.3) is 0 Å². The van der Waals surface area contributed by atoms with Crippen LogP contribution in [0, 0.1) is 10.1 Å². The zero-order valence-corrected chi connectivity index (χ0v) is 16.3. The number of hydrogen-bond donors (Lipinski definition) is 2. The quantitative estimate of drug-likeness (QED) is 0.513. The molecule has 0 aromatic heterocycles. The molecule has 0 radical (unpaired) electrons. The van der Waals surface area contributed by atoms with Gasteiger partial charge < -0.3 is 10.6 Å². The van der Waals surface area contributed by atoms with Crippen molar-refractivity contribution in [2.24, 2.45) is 10.9 Å². The number of nitro benzene ring substituents is 1. The molecule has 1 atom stereocenters. The number of sulfonamides is 1. The highest BCUT2D eigenvalue weighted by atomic mass is 32.2. The van der Waals surface area contributed by atoms with Crippen molar-refractivity contribution in [3.05, 3.63) is 64.2 Å². The van der Waals surface area contributed by atoms with Gasteiger partial charge in [-0.3, -0.25) is 19.8 Å². The van der Waals surface area contributed by atoms with Crippen LogP contribution in [0.15, 0.2) is 53.4 Å². The summed E-state index contributed by atoms with van der Waals surface area (Å²) in [6.07, 6.45) is 0. The van der Waals surface area contributed by atoms with Crippen LogP contribution < -0.4 is 15.8 Å². The average molecular weight is 419 g/mol. The zero-order valence-electron chi connectivity index (χ0n) is 15.5. The molecule has 1 aliphatic heterocycles. The number of nitro groups is 1. The average Bonchev–Trinajstić information content (AvgIpc) is 2.68. The summed E-state index contributed by atoms with van der Waals surface area (Å²) in [4.78, 5) is 26.3. The van der Waals surface area contributed by atoms with Gasteiger partial charge in [0.25, 0.3) is 5.69 Å². The molecule has 0 bridgehead atoms. The molecule has 10 nitrogen and oxygen atoms in total. The van der Waals surface area contributed by atoms with Crippen molar-refractivity contribution in [2.45, 2.75) is 10.9 Å². The number of carbonyl (C=O) groups excluding carboxylic acids is 1. The third-order valence-corrected chi connectivity index (χ3v) is 5.79. The van der Waals surface area contributed by atoms with Crippen molar-refractivity contribution < 1.29 is 18.1 Å². The maximum absolute atomic E-state index is 12.0. The maximum atomic E-state index is 12.0. The highest BCUT2D eigenvalue weighted by Gasteiger charge is 2.31. The highest BCUT2D eigenvalue weighted by Crippen LogP contribution is 2.32. The number of carbonyl (C=O) groups is 1. The minimum atomic E-state index is -4.05. The molecule has 0 spiro atoms. The second-order valence-corrected chi connectivity index (χ2v) is 8.25. The van der Waals surface area contributed by atoms with Crippen LogP contribution in [0.1, 0.15) is 11.6 Å². The second kappa shape index (κ2) is 8.15. The number of benzene rings is 2. The lowest BCUT2D eigenvalue weighted by molar-refractivity contribution is -0.384. The van der Waals surface area contributed by atoms with Crippen molar-refractivity contribution in [1.82, 2.24) is 4.90 Å². The van der Waals surface area contributed by atoms with E-state index in [0.717, 1.165) is 11.6 Å². The molecular formula is C18H21N5O5S. The van der Waals surface area contributed by atoms with E-state index in [1.165, 1.54) is 12.1 Å². The fourth-order valence-electron chi connectivity index (χ4n) is 3.51. The monoisotopic (exact) mass is 419 g/mol. The fraction of sp³-hybridized carbons (Fsp3) is 0.278. The molecule has 2 aromatic rings. The van der Waals surface area contributed by atoms with E-state index in [9.17, 15) is 23.3 Å². The van der Waals surface area contributed by atoms with Crippen LogP contribution in [0.4, 0.5) is 11.4 Å². The normalized spacial score (nSPS) is 16.4. The van der Waals surface area contributed by atoms with Crippen LogP contribution in [-0.2, 0) is 14.8 Å². The topological polar surface area (TPSA) is 153 Å². The van der Waals surface area contributed by atoms with E-state index in [-0.39, 0.29) is 10.6 Å². The van der Waals surface area contributed by atoms with Crippen LogP contribution in [0.3, 0.4) is 0 Å². The summed E-state index contributed by atoms with van der Waals surface area (Å²) in [5, 5.41) is 16.5. The van der Waals surface area contributed by atoms with Gasteiger partial charge in [0, 0.05) is 32.2 Å². The molecule has 1 heterocycles. The Labute approximate surface area is 167 Å². The predicted octanol–water partition coefficient (Wildman–Crippen LogP) is 0.591. The number of primary amides is 1. The van der Waals surface area contributed by atoms with Crippen molar-refractivity contribution in [1.29, 1.82) is 0 Å². The molecule has 1 fully saturated rings. The van der Waals surface area contributed by atoms with E-state index in [4.69, 9.17) is 10.9 Å². The Morgan fingerprint density at radius 2 is 1.69 bits per heavy atom. The van der Waals surface area contributed by atoms with Gasteiger partial charge in [0.15, 0.2) is 0 Å². The maximum Gasteiger partial charge on any atom is 0.293 e. The highest BCUT2D eigenvalue weighted by molar-refractivity contribution is 7.89. The number of nitrogens with zero attached hydrogens (tertiary/aromatic N) is 3. The lowest BCUT2D eigenvalue weighted by Gasteiger charge is -2.39. The van der Waals surface area contributed by atoms with E-state index in [1.807, 2.05) is 35.2 Å². The Bertz CT molecular complexity index is 1020. The predicted molar refractivity (Wildman–Crippen MR) is 107 cm³/mol. The van der Waals surface area contributed by atoms with Gasteiger partial charge >= 0.3 is 0 Å². The van der Waals surface area contributed by atoms with E-state index in [1.54, 1.807) is 4.90 Å². The van der Waals surface area contributed by atoms with E-state index in [2.05, 4.69) is 0 Å². The van der Waals surface area contributed by atoms with E-state index < -0.39 is 26.9 Å². The molecule has 29 heavy (non-hydrogen) atoms. The first kappa shape index (κ1) is 20.7. The standard InChI is InChI=1S/C18H21N5O5S/c19-18(24)17(13-4-2-1-3-5-13)22-10-8-21(9-11-22)15-7-6-14(29(20,27)28)12-16(15)23(25)26/h1-7,12,17H,8-11H2,(H2,19,24)(H2,20,27,28). The Morgan fingerprint density at radius 3 is 2.21 bits per heavy atom. The zero-order chi connectivity index (χ0) is 21.2. The van der Waals surface area contributed by atoms with Gasteiger partial charge in [0.2, 0.25) is 15.9 Å². The molecule has 2 aromatic carbocycles. The number of hydrogen-bond acceptors (Lipinski definition) is 7. The minimum Gasteiger partial charge on any atom is -0.368 e. The molecule has 1 saturated heterocycles. The molecule has 1 amide bonds. The Balaban J connectivity index is 1.82. The smallest absolute Gasteiger partial charge is 0.293 e. The Morgan fingerprint density at radius 1 is 1.07 bits per heavy atom. The largest absolute Gasteiger partial charge is 0.368 e. The molecule has 154 valence electrons. The Kier molecular flexibility index (Phi) is 5.82. The van der Waals surface area contributed by atoms with Crippen molar-refractivity contribution in [2.75, 3.05) is 31.1 Å². The lowest BCUT2D eigenvalue weighted by Crippen LogP contribution is -2.50. The van der Waals surface area contributed by atoms with Gasteiger partial charge in [-0.25, -0.2) is 13.6 Å². The Hall–Kier alpha value is -3.02. The summed E-state index contributed by atoms with van der Waals surface area (Å²) >= 11 is 0. The molecule has 1 unspecified atom stereocenters. The van der Waals surface area contributed by atoms with Crippen molar-refractivity contribution >= 4 is 27.3 Å². The number of amides is 1. The lowest BCUT2D eigenvalue weighted by atomic mass is 10.0. The van der Waals surface area contributed by atoms with Crippen molar-refractivity contribution in [3.8, 4) is 0 Å².